The fourth-order valence-electron chi connectivity index (χ4n) is 1.04. The summed E-state index contributed by atoms with van der Waals surface area (Å²) in [6.07, 6.45) is 2.53. The Morgan fingerprint density at radius 2 is 2.36 bits per heavy atom. The summed E-state index contributed by atoms with van der Waals surface area (Å²) in [5.41, 5.74) is 0.990. The second-order valence-electron chi connectivity index (χ2n) is 2.70. The molecule has 2 aromatic heterocycles. The van der Waals surface area contributed by atoms with Gasteiger partial charge in [0.1, 0.15) is 0 Å². The molecule has 0 aliphatic carbocycles. The molecule has 0 spiro atoms. The van der Waals surface area contributed by atoms with Gasteiger partial charge in [-0.05, 0) is 13.2 Å². The van der Waals surface area contributed by atoms with Crippen LogP contribution < -0.4 is 0 Å². The van der Waals surface area contributed by atoms with Crippen LogP contribution in [0.25, 0.3) is 0 Å². The van der Waals surface area contributed by atoms with Gasteiger partial charge in [-0.1, -0.05) is 11.8 Å². The van der Waals surface area contributed by atoms with E-state index in [2.05, 4.69) is 15.2 Å². The van der Waals surface area contributed by atoms with Gasteiger partial charge in [-0.25, -0.2) is 4.98 Å². The Balaban J connectivity index is 2.10. The van der Waals surface area contributed by atoms with Crippen LogP contribution in [0.15, 0.2) is 15.0 Å². The van der Waals surface area contributed by atoms with Crippen LogP contribution in [0.3, 0.4) is 0 Å². The van der Waals surface area contributed by atoms with E-state index in [1.165, 1.54) is 11.8 Å². The lowest BCUT2D eigenvalue weighted by Crippen LogP contribution is -1.88. The van der Waals surface area contributed by atoms with E-state index in [0.29, 0.717) is 17.5 Å². The molecule has 0 saturated heterocycles. The summed E-state index contributed by atoms with van der Waals surface area (Å²) in [5.74, 6) is 0.625. The van der Waals surface area contributed by atoms with Crippen molar-refractivity contribution < 1.29 is 4.42 Å². The van der Waals surface area contributed by atoms with Crippen LogP contribution in [0.1, 0.15) is 16.6 Å². The number of thiazole rings is 1. The summed E-state index contributed by atoms with van der Waals surface area (Å²) in [4.78, 5) is 4.32. The smallest absolute Gasteiger partial charge is 0.276 e. The van der Waals surface area contributed by atoms with Gasteiger partial charge in [-0.3, -0.25) is 0 Å². The van der Waals surface area contributed by atoms with Gasteiger partial charge >= 0.3 is 0 Å². The Morgan fingerprint density at radius 3 is 2.93 bits per heavy atom. The van der Waals surface area contributed by atoms with Crippen LogP contribution >= 0.6 is 23.1 Å². The molecular formula is C8H9N3OS2. The molecule has 0 radical (unpaired) electrons. The molecule has 0 fully saturated rings. The van der Waals surface area contributed by atoms with Crippen LogP contribution in [0.5, 0.6) is 0 Å². The maximum atomic E-state index is 5.35. The summed E-state index contributed by atoms with van der Waals surface area (Å²) in [6, 6.07) is 0. The number of aromatic nitrogens is 3. The Bertz CT molecular complexity index is 424. The second-order valence-corrected chi connectivity index (χ2v) is 4.52. The highest BCUT2D eigenvalue weighted by Gasteiger charge is 2.07. The number of thioether (sulfide) groups is 1. The van der Waals surface area contributed by atoms with Gasteiger partial charge in [0.15, 0.2) is 0 Å². The number of aryl methyl sites for hydroxylation is 1. The van der Waals surface area contributed by atoms with E-state index in [4.69, 9.17) is 4.42 Å². The molecule has 0 atom stereocenters. The standard InChI is InChI=1S/C8H9N3OS2/c1-5-9-6(4-14-5)3-7-10-11-8(12-7)13-2/h4H,3H2,1-2H3. The molecule has 0 aliphatic heterocycles. The summed E-state index contributed by atoms with van der Waals surface area (Å²) in [5, 5.41) is 11.5. The molecule has 6 heteroatoms. The van der Waals surface area contributed by atoms with Crippen molar-refractivity contribution in [1.82, 2.24) is 15.2 Å². The molecule has 0 bridgehead atoms. The first-order chi connectivity index (χ1) is 6.78. The van der Waals surface area contributed by atoms with E-state index in [1.807, 2.05) is 18.6 Å². The normalized spacial score (nSPS) is 10.7. The van der Waals surface area contributed by atoms with E-state index < -0.39 is 0 Å². The Kier molecular flexibility index (Phi) is 2.83. The third-order valence-corrected chi connectivity index (χ3v) is 2.96. The van der Waals surface area contributed by atoms with E-state index in [1.54, 1.807) is 11.3 Å². The molecule has 0 N–H and O–H groups in total. The first-order valence-corrected chi connectivity index (χ1v) is 6.16. The van der Waals surface area contributed by atoms with Crippen molar-refractivity contribution in [3.63, 3.8) is 0 Å². The lowest BCUT2D eigenvalue weighted by atomic mass is 10.3. The molecule has 74 valence electrons. The summed E-state index contributed by atoms with van der Waals surface area (Å²) < 4.78 is 5.35. The molecule has 4 nitrogen and oxygen atoms in total. The van der Waals surface area contributed by atoms with Gasteiger partial charge in [0, 0.05) is 5.38 Å². The number of nitrogens with zero attached hydrogens (tertiary/aromatic N) is 3. The zero-order valence-electron chi connectivity index (χ0n) is 7.85. The Hall–Kier alpha value is -0.880. The minimum absolute atomic E-state index is 0.604. The predicted molar refractivity (Wildman–Crippen MR) is 55.7 cm³/mol. The van der Waals surface area contributed by atoms with Crippen molar-refractivity contribution in [3.8, 4) is 0 Å². The van der Waals surface area contributed by atoms with Crippen LogP contribution in [-0.2, 0) is 6.42 Å². The van der Waals surface area contributed by atoms with Crippen LogP contribution in [0.2, 0.25) is 0 Å². The average Bonchev–Trinajstić information content (AvgIpc) is 2.76. The summed E-state index contributed by atoms with van der Waals surface area (Å²) in [7, 11) is 0. The fourth-order valence-corrected chi connectivity index (χ4v) is 1.95. The van der Waals surface area contributed by atoms with E-state index in [0.717, 1.165) is 10.7 Å². The maximum Gasteiger partial charge on any atom is 0.276 e. The molecule has 0 aliphatic rings. The molecule has 0 amide bonds. The van der Waals surface area contributed by atoms with E-state index in [9.17, 15) is 0 Å². The molecular weight excluding hydrogens is 218 g/mol. The van der Waals surface area contributed by atoms with Crippen molar-refractivity contribution in [2.45, 2.75) is 18.6 Å². The quantitative estimate of drug-likeness (QED) is 0.752. The van der Waals surface area contributed by atoms with Gasteiger partial charge < -0.3 is 4.42 Å². The van der Waals surface area contributed by atoms with Gasteiger partial charge in [0.2, 0.25) is 5.89 Å². The Morgan fingerprint density at radius 1 is 1.50 bits per heavy atom. The van der Waals surface area contributed by atoms with Crippen molar-refractivity contribution >= 4 is 23.1 Å². The van der Waals surface area contributed by atoms with Gasteiger partial charge in [-0.2, -0.15) is 0 Å². The molecule has 0 unspecified atom stereocenters. The molecule has 0 saturated carbocycles. The topological polar surface area (TPSA) is 51.8 Å². The minimum atomic E-state index is 0.604. The molecule has 14 heavy (non-hydrogen) atoms. The lowest BCUT2D eigenvalue weighted by Gasteiger charge is -1.88. The SMILES string of the molecule is CSc1nnc(Cc2csc(C)n2)o1. The molecule has 2 aromatic rings. The van der Waals surface area contributed by atoms with Crippen LogP contribution in [-0.4, -0.2) is 21.4 Å². The summed E-state index contributed by atoms with van der Waals surface area (Å²) in [6.45, 7) is 1.98. The third kappa shape index (κ3) is 2.13. The first-order valence-electron chi connectivity index (χ1n) is 4.05. The first kappa shape index (κ1) is 9.67. The van der Waals surface area contributed by atoms with Crippen molar-refractivity contribution in [2.75, 3.05) is 6.26 Å². The van der Waals surface area contributed by atoms with Crippen molar-refractivity contribution in [2.24, 2.45) is 0 Å². The number of hydrogen-bond acceptors (Lipinski definition) is 6. The molecule has 2 heterocycles. The highest BCUT2D eigenvalue weighted by atomic mass is 32.2. The Labute approximate surface area is 89.8 Å². The fraction of sp³-hybridized carbons (Fsp3) is 0.375. The zero-order chi connectivity index (χ0) is 9.97. The van der Waals surface area contributed by atoms with Gasteiger partial charge in [0.05, 0.1) is 17.1 Å². The van der Waals surface area contributed by atoms with E-state index >= 15 is 0 Å². The third-order valence-electron chi connectivity index (χ3n) is 1.62. The number of rotatable bonds is 3. The summed E-state index contributed by atoms with van der Waals surface area (Å²) >= 11 is 3.08. The monoisotopic (exact) mass is 227 g/mol. The number of hydrogen-bond donors (Lipinski definition) is 0. The largest absolute Gasteiger partial charge is 0.416 e. The maximum absolute atomic E-state index is 5.35. The lowest BCUT2D eigenvalue weighted by molar-refractivity contribution is 0.420. The highest BCUT2D eigenvalue weighted by Crippen LogP contribution is 2.15. The highest BCUT2D eigenvalue weighted by molar-refractivity contribution is 7.98. The zero-order valence-corrected chi connectivity index (χ0v) is 9.48. The minimum Gasteiger partial charge on any atom is -0.416 e. The average molecular weight is 227 g/mol. The molecule has 2 rings (SSSR count). The second kappa shape index (κ2) is 4.10. The van der Waals surface area contributed by atoms with E-state index in [-0.39, 0.29) is 0 Å². The van der Waals surface area contributed by atoms with Crippen LogP contribution in [0.4, 0.5) is 0 Å². The van der Waals surface area contributed by atoms with Gasteiger partial charge in [0.25, 0.3) is 5.22 Å². The predicted octanol–water partition coefficient (Wildman–Crippen LogP) is 2.15. The van der Waals surface area contributed by atoms with Crippen molar-refractivity contribution in [1.29, 1.82) is 0 Å². The molecule has 0 aromatic carbocycles. The van der Waals surface area contributed by atoms with Crippen LogP contribution in [0, 0.1) is 6.92 Å². The van der Waals surface area contributed by atoms with Crippen molar-refractivity contribution in [3.05, 3.63) is 22.0 Å². The van der Waals surface area contributed by atoms with Gasteiger partial charge in [-0.15, -0.1) is 21.5 Å².